The fourth-order valence-electron chi connectivity index (χ4n) is 3.12. The highest BCUT2D eigenvalue weighted by Crippen LogP contribution is 2.37. The number of nitrogens with one attached hydrogen (secondary N) is 1. The summed E-state index contributed by atoms with van der Waals surface area (Å²) in [5.41, 5.74) is 5.33. The van der Waals surface area contributed by atoms with Crippen LogP contribution in [0.1, 0.15) is 5.56 Å². The predicted molar refractivity (Wildman–Crippen MR) is 105 cm³/mol. The Balaban J connectivity index is 0.00000169. The van der Waals surface area contributed by atoms with Gasteiger partial charge in [0.25, 0.3) is 0 Å². The molecular weight excluding hydrogens is 343 g/mol. The third kappa shape index (κ3) is 3.22. The summed E-state index contributed by atoms with van der Waals surface area (Å²) < 4.78 is 0. The molecule has 24 heavy (non-hydrogen) atoms. The van der Waals surface area contributed by atoms with E-state index in [1.165, 1.54) is 5.69 Å². The molecule has 0 saturated carbocycles. The second kappa shape index (κ2) is 7.01. The predicted octanol–water partition coefficient (Wildman–Crippen LogP) is 4.32. The normalized spacial score (nSPS) is 16.5. The number of aliphatic imine (C=N–C) groups is 1. The molecule has 0 aliphatic carbocycles. The van der Waals surface area contributed by atoms with Gasteiger partial charge in [-0.2, -0.15) is 0 Å². The third-order valence-corrected chi connectivity index (χ3v) is 4.72. The number of halogens is 2. The molecule has 2 aromatic carbocycles. The quantitative estimate of drug-likeness (QED) is 0.699. The number of likely N-dealkylation sites (N-methyl/N-ethyl adjacent to an activating group) is 1. The second-order valence-corrected chi connectivity index (χ2v) is 6.51. The molecule has 4 rings (SSSR count). The van der Waals surface area contributed by atoms with Gasteiger partial charge in [0.2, 0.25) is 0 Å². The highest BCUT2D eigenvalue weighted by atomic mass is 35.5. The van der Waals surface area contributed by atoms with Crippen molar-refractivity contribution in [1.82, 2.24) is 4.90 Å². The standard InChI is InChI=1S/C18H19ClN4.ClH/c1-22-7-9-23(10-8-22)18-4-2-3-15-14(18)12-20-17-11-13(19)5-6-16(17)21-15;/h2-6,11-12,21H,7-10H2,1H3;1H. The number of benzene rings is 2. The van der Waals surface area contributed by atoms with E-state index in [2.05, 4.69) is 45.4 Å². The van der Waals surface area contributed by atoms with E-state index in [9.17, 15) is 0 Å². The van der Waals surface area contributed by atoms with E-state index in [-0.39, 0.29) is 12.4 Å². The molecule has 4 nitrogen and oxygen atoms in total. The minimum atomic E-state index is 0. The van der Waals surface area contributed by atoms with E-state index in [0.29, 0.717) is 5.02 Å². The van der Waals surface area contributed by atoms with Gasteiger partial charge in [0.1, 0.15) is 0 Å². The molecule has 1 saturated heterocycles. The monoisotopic (exact) mass is 362 g/mol. The molecule has 0 aromatic heterocycles. The number of hydrogen-bond acceptors (Lipinski definition) is 4. The van der Waals surface area contributed by atoms with Gasteiger partial charge in [-0.1, -0.05) is 17.7 Å². The van der Waals surface area contributed by atoms with E-state index in [1.807, 2.05) is 24.4 Å². The zero-order valence-corrected chi connectivity index (χ0v) is 15.1. The van der Waals surface area contributed by atoms with E-state index >= 15 is 0 Å². The molecule has 0 atom stereocenters. The molecular formula is C18H20Cl2N4. The lowest BCUT2D eigenvalue weighted by Crippen LogP contribution is -2.44. The van der Waals surface area contributed by atoms with Crippen LogP contribution in [0.4, 0.5) is 22.7 Å². The van der Waals surface area contributed by atoms with Crippen molar-refractivity contribution in [1.29, 1.82) is 0 Å². The molecule has 126 valence electrons. The number of hydrogen-bond donors (Lipinski definition) is 1. The number of anilines is 3. The van der Waals surface area contributed by atoms with Gasteiger partial charge in [0.05, 0.1) is 11.4 Å². The second-order valence-electron chi connectivity index (χ2n) is 6.07. The zero-order valence-electron chi connectivity index (χ0n) is 13.5. The highest BCUT2D eigenvalue weighted by molar-refractivity contribution is 6.31. The first kappa shape index (κ1) is 17.1. The lowest BCUT2D eigenvalue weighted by molar-refractivity contribution is 0.313. The summed E-state index contributed by atoms with van der Waals surface area (Å²) in [7, 11) is 2.17. The lowest BCUT2D eigenvalue weighted by Gasteiger charge is -2.35. The maximum absolute atomic E-state index is 6.09. The van der Waals surface area contributed by atoms with E-state index in [1.54, 1.807) is 0 Å². The van der Waals surface area contributed by atoms with Crippen LogP contribution in [0.25, 0.3) is 0 Å². The van der Waals surface area contributed by atoms with Crippen LogP contribution in [0.3, 0.4) is 0 Å². The third-order valence-electron chi connectivity index (χ3n) is 4.49. The van der Waals surface area contributed by atoms with Crippen molar-refractivity contribution in [3.63, 3.8) is 0 Å². The summed E-state index contributed by atoms with van der Waals surface area (Å²) in [4.78, 5) is 9.45. The van der Waals surface area contributed by atoms with Crippen molar-refractivity contribution in [2.75, 3.05) is 43.4 Å². The summed E-state index contributed by atoms with van der Waals surface area (Å²) >= 11 is 6.09. The van der Waals surface area contributed by atoms with Gasteiger partial charge in [-0.3, -0.25) is 4.99 Å². The minimum Gasteiger partial charge on any atom is -0.368 e. The highest BCUT2D eigenvalue weighted by Gasteiger charge is 2.19. The number of nitrogens with zero attached hydrogens (tertiary/aromatic N) is 3. The van der Waals surface area contributed by atoms with Crippen LogP contribution in [0.2, 0.25) is 5.02 Å². The van der Waals surface area contributed by atoms with Gasteiger partial charge >= 0.3 is 0 Å². The van der Waals surface area contributed by atoms with Crippen molar-refractivity contribution in [3.05, 3.63) is 47.0 Å². The van der Waals surface area contributed by atoms with Crippen molar-refractivity contribution >= 4 is 53.0 Å². The number of fused-ring (bicyclic) bond motifs is 2. The summed E-state index contributed by atoms with van der Waals surface area (Å²) in [6.07, 6.45) is 1.96. The molecule has 2 heterocycles. The summed E-state index contributed by atoms with van der Waals surface area (Å²) in [6, 6.07) is 12.1. The SMILES string of the molecule is CN1CCN(c2cccc3c2C=Nc2cc(Cl)ccc2N3)CC1.Cl. The fourth-order valence-corrected chi connectivity index (χ4v) is 3.28. The van der Waals surface area contributed by atoms with E-state index in [4.69, 9.17) is 11.6 Å². The molecule has 1 N–H and O–H groups in total. The molecule has 0 unspecified atom stereocenters. The van der Waals surface area contributed by atoms with Gasteiger partial charge in [0, 0.05) is 54.4 Å². The van der Waals surface area contributed by atoms with Crippen molar-refractivity contribution in [2.45, 2.75) is 0 Å². The molecule has 2 aliphatic rings. The Morgan fingerprint density at radius 3 is 2.62 bits per heavy atom. The van der Waals surface area contributed by atoms with Crippen molar-refractivity contribution in [2.24, 2.45) is 4.99 Å². The van der Waals surface area contributed by atoms with Crippen LogP contribution in [0.5, 0.6) is 0 Å². The summed E-state index contributed by atoms with van der Waals surface area (Å²) in [6.45, 7) is 4.26. The van der Waals surface area contributed by atoms with Gasteiger partial charge in [0.15, 0.2) is 0 Å². The van der Waals surface area contributed by atoms with Crippen molar-refractivity contribution in [3.8, 4) is 0 Å². The molecule has 0 radical (unpaired) electrons. The van der Waals surface area contributed by atoms with Gasteiger partial charge in [-0.05, 0) is 37.4 Å². The largest absolute Gasteiger partial charge is 0.368 e. The van der Waals surface area contributed by atoms with Crippen LogP contribution in [-0.2, 0) is 0 Å². The number of rotatable bonds is 1. The minimum absolute atomic E-state index is 0. The van der Waals surface area contributed by atoms with Gasteiger partial charge in [-0.25, -0.2) is 0 Å². The first-order chi connectivity index (χ1) is 11.2. The lowest BCUT2D eigenvalue weighted by atomic mass is 10.1. The van der Waals surface area contributed by atoms with Crippen molar-refractivity contribution < 1.29 is 0 Å². The van der Waals surface area contributed by atoms with Crippen LogP contribution < -0.4 is 10.2 Å². The van der Waals surface area contributed by atoms with Gasteiger partial charge < -0.3 is 15.1 Å². The van der Waals surface area contributed by atoms with E-state index in [0.717, 1.165) is 48.8 Å². The summed E-state index contributed by atoms with van der Waals surface area (Å²) in [5.74, 6) is 0. The Labute approximate surface area is 153 Å². The average molecular weight is 363 g/mol. The smallest absolute Gasteiger partial charge is 0.0879 e. The molecule has 2 aromatic rings. The zero-order chi connectivity index (χ0) is 15.8. The topological polar surface area (TPSA) is 30.9 Å². The Hall–Kier alpha value is -1.75. The van der Waals surface area contributed by atoms with Crippen LogP contribution >= 0.6 is 24.0 Å². The molecule has 0 amide bonds. The number of piperazine rings is 1. The molecule has 0 bridgehead atoms. The van der Waals surface area contributed by atoms with Crippen LogP contribution in [0.15, 0.2) is 41.4 Å². The maximum Gasteiger partial charge on any atom is 0.0879 e. The Morgan fingerprint density at radius 2 is 1.83 bits per heavy atom. The Morgan fingerprint density at radius 1 is 1.04 bits per heavy atom. The average Bonchev–Trinajstić information content (AvgIpc) is 2.74. The van der Waals surface area contributed by atoms with Gasteiger partial charge in [-0.15, -0.1) is 12.4 Å². The molecule has 2 aliphatic heterocycles. The Bertz CT molecular complexity index is 768. The molecule has 6 heteroatoms. The molecule has 0 spiro atoms. The maximum atomic E-state index is 6.09. The van der Waals surface area contributed by atoms with Crippen LogP contribution in [0, 0.1) is 0 Å². The first-order valence-corrected chi connectivity index (χ1v) is 8.26. The fraction of sp³-hybridized carbons (Fsp3) is 0.278. The summed E-state index contributed by atoms with van der Waals surface area (Å²) in [5, 5.41) is 4.20. The van der Waals surface area contributed by atoms with Crippen LogP contribution in [-0.4, -0.2) is 44.3 Å². The first-order valence-electron chi connectivity index (χ1n) is 7.88. The Kier molecular flexibility index (Phi) is 4.99. The van der Waals surface area contributed by atoms with E-state index < -0.39 is 0 Å². The molecule has 1 fully saturated rings.